The maximum absolute atomic E-state index is 11.8. The molecule has 0 amide bonds. The lowest BCUT2D eigenvalue weighted by Crippen LogP contribution is -2.34. The second kappa shape index (κ2) is 8.14. The van der Waals surface area contributed by atoms with Crippen LogP contribution in [0, 0.1) is 11.8 Å². The van der Waals surface area contributed by atoms with Gasteiger partial charge < -0.3 is 9.47 Å². The molecule has 1 aromatic rings. The largest absolute Gasteiger partial charge is 0.461 e. The van der Waals surface area contributed by atoms with Gasteiger partial charge in [0, 0.05) is 18.3 Å². The number of carbonyl (C=O) groups is 1. The third-order valence-electron chi connectivity index (χ3n) is 4.11. The number of hydrogen-bond acceptors (Lipinski definition) is 3. The van der Waals surface area contributed by atoms with E-state index >= 15 is 0 Å². The second-order valence-electron chi connectivity index (χ2n) is 6.30. The minimum atomic E-state index is -0.112. The van der Waals surface area contributed by atoms with E-state index in [2.05, 4.69) is 39.0 Å². The van der Waals surface area contributed by atoms with Crippen LogP contribution in [0.15, 0.2) is 42.0 Å². The van der Waals surface area contributed by atoms with Gasteiger partial charge in [-0.1, -0.05) is 55.8 Å². The fourth-order valence-corrected chi connectivity index (χ4v) is 2.91. The molecule has 0 aliphatic carbocycles. The summed E-state index contributed by atoms with van der Waals surface area (Å²) in [5, 5.41) is 0. The van der Waals surface area contributed by atoms with E-state index in [0.717, 1.165) is 12.0 Å². The zero-order valence-corrected chi connectivity index (χ0v) is 13.7. The van der Waals surface area contributed by atoms with E-state index in [0.29, 0.717) is 19.6 Å². The lowest BCUT2D eigenvalue weighted by Gasteiger charge is -2.29. The average Bonchev–Trinajstić information content (AvgIpc) is 2.50. The molecule has 22 heavy (non-hydrogen) atoms. The first-order valence-electron chi connectivity index (χ1n) is 8.04. The molecule has 1 aliphatic heterocycles. The summed E-state index contributed by atoms with van der Waals surface area (Å²) in [6.45, 7) is 7.46. The molecule has 3 atom stereocenters. The van der Waals surface area contributed by atoms with Gasteiger partial charge in [0.2, 0.25) is 0 Å². The van der Waals surface area contributed by atoms with Gasteiger partial charge in [-0.15, -0.1) is 0 Å². The highest BCUT2D eigenvalue weighted by Crippen LogP contribution is 2.24. The molecule has 0 spiro atoms. The van der Waals surface area contributed by atoms with Crippen LogP contribution in [0.25, 0.3) is 0 Å². The van der Waals surface area contributed by atoms with Gasteiger partial charge in [0.05, 0.1) is 13.2 Å². The fraction of sp³-hybridized carbons (Fsp3) is 0.526. The van der Waals surface area contributed by atoms with Crippen molar-refractivity contribution in [2.75, 3.05) is 6.61 Å². The normalized spacial score (nSPS) is 26.3. The lowest BCUT2D eigenvalue weighted by atomic mass is 9.90. The van der Waals surface area contributed by atoms with Gasteiger partial charge >= 0.3 is 5.97 Å². The SMILES string of the molecule is C/C1=C/[C@H](C)[C@@H]([C@H](C)COCc2ccccc2)OC(=O)CC1. The topological polar surface area (TPSA) is 35.5 Å². The number of allylic oxidation sites excluding steroid dienone is 1. The van der Waals surface area contributed by atoms with Gasteiger partial charge in [0.1, 0.15) is 6.10 Å². The summed E-state index contributed by atoms with van der Waals surface area (Å²) in [6, 6.07) is 10.1. The molecule has 0 fully saturated rings. The molecule has 0 bridgehead atoms. The van der Waals surface area contributed by atoms with Crippen LogP contribution >= 0.6 is 0 Å². The third-order valence-corrected chi connectivity index (χ3v) is 4.11. The Hall–Kier alpha value is -1.61. The minimum Gasteiger partial charge on any atom is -0.461 e. The Kier molecular flexibility index (Phi) is 6.20. The number of cyclic esters (lactones) is 1. The molecule has 3 heteroatoms. The molecule has 0 saturated heterocycles. The maximum atomic E-state index is 11.8. The first kappa shape index (κ1) is 16.8. The summed E-state index contributed by atoms with van der Waals surface area (Å²) in [4.78, 5) is 11.8. The van der Waals surface area contributed by atoms with Crippen molar-refractivity contribution in [2.24, 2.45) is 11.8 Å². The number of ether oxygens (including phenoxy) is 2. The minimum absolute atomic E-state index is 0.0980. The van der Waals surface area contributed by atoms with Crippen molar-refractivity contribution < 1.29 is 14.3 Å². The standard InChI is InChI=1S/C19H26O3/c1-14-9-10-18(20)22-19(15(2)11-14)16(3)12-21-13-17-7-5-4-6-8-17/h4-8,11,15-16,19H,9-10,12-13H2,1-3H3/b14-11-/t15-,16+,19-/m0/s1. The van der Waals surface area contributed by atoms with Crippen molar-refractivity contribution in [3.05, 3.63) is 47.5 Å². The summed E-state index contributed by atoms with van der Waals surface area (Å²) in [7, 11) is 0. The van der Waals surface area contributed by atoms with Crippen molar-refractivity contribution in [1.82, 2.24) is 0 Å². The van der Waals surface area contributed by atoms with Crippen molar-refractivity contribution in [3.63, 3.8) is 0 Å². The number of esters is 1. The monoisotopic (exact) mass is 302 g/mol. The predicted molar refractivity (Wildman–Crippen MR) is 87.3 cm³/mol. The van der Waals surface area contributed by atoms with Crippen LogP contribution in [-0.4, -0.2) is 18.7 Å². The molecule has 3 nitrogen and oxygen atoms in total. The Labute approximate surface area is 133 Å². The molecule has 1 aromatic carbocycles. The van der Waals surface area contributed by atoms with Crippen molar-refractivity contribution in [3.8, 4) is 0 Å². The summed E-state index contributed by atoms with van der Waals surface area (Å²) in [5.74, 6) is 0.295. The molecule has 0 radical (unpaired) electrons. The predicted octanol–water partition coefficient (Wildman–Crippen LogP) is 4.13. The first-order valence-corrected chi connectivity index (χ1v) is 8.04. The zero-order chi connectivity index (χ0) is 15.9. The number of benzene rings is 1. The Morgan fingerprint density at radius 2 is 2.00 bits per heavy atom. The molecular weight excluding hydrogens is 276 g/mol. The summed E-state index contributed by atoms with van der Waals surface area (Å²) >= 11 is 0. The maximum Gasteiger partial charge on any atom is 0.306 e. The van der Waals surface area contributed by atoms with E-state index in [1.165, 1.54) is 5.57 Å². The number of carbonyl (C=O) groups excluding carboxylic acids is 1. The third kappa shape index (κ3) is 4.99. The molecule has 1 heterocycles. The Bertz CT molecular complexity index is 507. The van der Waals surface area contributed by atoms with Gasteiger partial charge in [0.25, 0.3) is 0 Å². The van der Waals surface area contributed by atoms with Gasteiger partial charge in [-0.2, -0.15) is 0 Å². The molecular formula is C19H26O3. The molecule has 120 valence electrons. The second-order valence-corrected chi connectivity index (χ2v) is 6.30. The molecule has 0 unspecified atom stereocenters. The lowest BCUT2D eigenvalue weighted by molar-refractivity contribution is -0.155. The highest BCUT2D eigenvalue weighted by molar-refractivity contribution is 5.70. The number of hydrogen-bond donors (Lipinski definition) is 0. The van der Waals surface area contributed by atoms with Crippen molar-refractivity contribution >= 4 is 5.97 Å². The Morgan fingerprint density at radius 1 is 1.27 bits per heavy atom. The fourth-order valence-electron chi connectivity index (χ4n) is 2.91. The number of rotatable bonds is 5. The first-order chi connectivity index (χ1) is 10.6. The summed E-state index contributed by atoms with van der Waals surface area (Å²) in [5.41, 5.74) is 2.43. The summed E-state index contributed by atoms with van der Waals surface area (Å²) in [6.07, 6.45) is 3.39. The van der Waals surface area contributed by atoms with Gasteiger partial charge in [-0.05, 0) is 18.9 Å². The average molecular weight is 302 g/mol. The highest BCUT2D eigenvalue weighted by atomic mass is 16.5. The van der Waals surface area contributed by atoms with Crippen LogP contribution in [0.1, 0.15) is 39.2 Å². The Morgan fingerprint density at radius 3 is 2.73 bits per heavy atom. The van der Waals surface area contributed by atoms with E-state index in [4.69, 9.17) is 9.47 Å². The Balaban J connectivity index is 1.90. The highest BCUT2D eigenvalue weighted by Gasteiger charge is 2.28. The van der Waals surface area contributed by atoms with Crippen LogP contribution in [0.3, 0.4) is 0 Å². The molecule has 0 N–H and O–H groups in total. The molecule has 0 aromatic heterocycles. The van der Waals surface area contributed by atoms with E-state index in [1.807, 2.05) is 18.2 Å². The van der Waals surface area contributed by atoms with E-state index in [1.54, 1.807) is 0 Å². The van der Waals surface area contributed by atoms with Crippen LogP contribution in [-0.2, 0) is 20.9 Å². The van der Waals surface area contributed by atoms with Gasteiger partial charge in [0.15, 0.2) is 0 Å². The van der Waals surface area contributed by atoms with E-state index in [9.17, 15) is 4.79 Å². The van der Waals surface area contributed by atoms with Crippen LogP contribution in [0.5, 0.6) is 0 Å². The van der Waals surface area contributed by atoms with Crippen molar-refractivity contribution in [1.29, 1.82) is 0 Å². The van der Waals surface area contributed by atoms with Crippen molar-refractivity contribution in [2.45, 2.75) is 46.3 Å². The van der Waals surface area contributed by atoms with Crippen LogP contribution < -0.4 is 0 Å². The van der Waals surface area contributed by atoms with Gasteiger partial charge in [-0.25, -0.2) is 0 Å². The zero-order valence-electron chi connectivity index (χ0n) is 13.7. The molecule has 0 saturated carbocycles. The smallest absolute Gasteiger partial charge is 0.306 e. The van der Waals surface area contributed by atoms with E-state index < -0.39 is 0 Å². The van der Waals surface area contributed by atoms with E-state index in [-0.39, 0.29) is 23.9 Å². The van der Waals surface area contributed by atoms with Gasteiger partial charge in [-0.3, -0.25) is 4.79 Å². The van der Waals surface area contributed by atoms with Crippen LogP contribution in [0.2, 0.25) is 0 Å². The molecule has 1 aliphatic rings. The molecule has 2 rings (SSSR count). The van der Waals surface area contributed by atoms with Crippen LogP contribution in [0.4, 0.5) is 0 Å². The summed E-state index contributed by atoms with van der Waals surface area (Å²) < 4.78 is 11.5. The quantitative estimate of drug-likeness (QED) is 0.606.